The minimum Gasteiger partial charge on any atom is -0.505 e. The molecule has 0 spiro atoms. The van der Waals surface area contributed by atoms with Crippen LogP contribution in [0.4, 0.5) is 5.69 Å². The number of benzene rings is 2. The first kappa shape index (κ1) is 16.1. The van der Waals surface area contributed by atoms with Crippen LogP contribution in [0.25, 0.3) is 22.4 Å². The number of hydrogen-bond acceptors (Lipinski definition) is 3. The number of fused-ring (bicyclic) bond motifs is 1. The van der Waals surface area contributed by atoms with Crippen LogP contribution in [0, 0.1) is 5.92 Å². The highest BCUT2D eigenvalue weighted by Gasteiger charge is 2.13. The lowest BCUT2D eigenvalue weighted by Crippen LogP contribution is -2.10. The Hall–Kier alpha value is -2.75. The minimum atomic E-state index is 0.374. The van der Waals surface area contributed by atoms with Gasteiger partial charge < -0.3 is 14.6 Å². The number of nitrogens with zero attached hydrogens (tertiary/aromatic N) is 2. The van der Waals surface area contributed by atoms with Crippen LogP contribution in [-0.2, 0) is 11.8 Å². The van der Waals surface area contributed by atoms with Crippen LogP contribution in [-0.4, -0.2) is 23.2 Å². The van der Waals surface area contributed by atoms with Gasteiger partial charge in [0.1, 0.15) is 5.82 Å². The van der Waals surface area contributed by atoms with E-state index in [1.165, 1.54) is 0 Å². The number of aromatic nitrogens is 2. The first-order valence-electron chi connectivity index (χ1n) is 8.15. The monoisotopic (exact) mass is 321 g/mol. The number of nitrogens with one attached hydrogen (secondary N) is 1. The van der Waals surface area contributed by atoms with Crippen molar-refractivity contribution < 1.29 is 4.74 Å². The fourth-order valence-corrected chi connectivity index (χ4v) is 2.77. The molecule has 0 saturated heterocycles. The van der Waals surface area contributed by atoms with E-state index < -0.39 is 0 Å². The number of rotatable bonds is 6. The number of hydrogen-bond donors (Lipinski definition) is 1. The fraction of sp³-hybridized carbons (Fsp3) is 0.250. The maximum atomic E-state index is 4.99. The smallest absolute Gasteiger partial charge is 0.142 e. The molecule has 3 rings (SSSR count). The Morgan fingerprint density at radius 1 is 1.17 bits per heavy atom. The van der Waals surface area contributed by atoms with Gasteiger partial charge in [-0.3, -0.25) is 0 Å². The second-order valence-electron chi connectivity index (χ2n) is 5.95. The third-order valence-corrected chi connectivity index (χ3v) is 4.11. The Balaban J connectivity index is 1.91. The van der Waals surface area contributed by atoms with Crippen molar-refractivity contribution in [2.75, 3.05) is 19.0 Å². The van der Waals surface area contributed by atoms with E-state index in [0.29, 0.717) is 5.92 Å². The van der Waals surface area contributed by atoms with Crippen LogP contribution in [0.1, 0.15) is 6.92 Å². The molecule has 0 radical (unpaired) electrons. The summed E-state index contributed by atoms with van der Waals surface area (Å²) in [6, 6.07) is 16.5. The molecule has 1 unspecified atom stereocenters. The first-order chi connectivity index (χ1) is 11.7. The van der Waals surface area contributed by atoms with Crippen molar-refractivity contribution in [2.24, 2.45) is 13.0 Å². The lowest BCUT2D eigenvalue weighted by molar-refractivity contribution is 0.334. The van der Waals surface area contributed by atoms with Crippen LogP contribution in [0.2, 0.25) is 0 Å². The third kappa shape index (κ3) is 3.27. The molecule has 0 amide bonds. The van der Waals surface area contributed by atoms with Gasteiger partial charge in [-0.05, 0) is 36.3 Å². The predicted molar refractivity (Wildman–Crippen MR) is 100.0 cm³/mol. The summed E-state index contributed by atoms with van der Waals surface area (Å²) in [6.45, 7) is 2.99. The van der Waals surface area contributed by atoms with Crippen molar-refractivity contribution in [1.82, 2.24) is 9.55 Å². The number of para-hydroxylation sites is 3. The molecule has 4 heteroatoms. The van der Waals surface area contributed by atoms with Crippen LogP contribution >= 0.6 is 0 Å². The summed E-state index contributed by atoms with van der Waals surface area (Å²) in [6.07, 6.45) is 3.77. The largest absolute Gasteiger partial charge is 0.505 e. The molecule has 3 aromatic rings. The molecule has 0 saturated carbocycles. The average molecular weight is 321 g/mol. The van der Waals surface area contributed by atoms with Crippen LogP contribution in [0.15, 0.2) is 60.9 Å². The van der Waals surface area contributed by atoms with Gasteiger partial charge in [0.05, 0.1) is 24.4 Å². The van der Waals surface area contributed by atoms with E-state index in [1.54, 1.807) is 13.4 Å². The summed E-state index contributed by atoms with van der Waals surface area (Å²) in [5.41, 5.74) is 4.35. The molecule has 0 aliphatic rings. The van der Waals surface area contributed by atoms with Gasteiger partial charge in [-0.2, -0.15) is 0 Å². The molecule has 1 aromatic heterocycles. The lowest BCUT2D eigenvalue weighted by Gasteiger charge is -2.14. The summed E-state index contributed by atoms with van der Waals surface area (Å²) in [5.74, 6) is 1.35. The summed E-state index contributed by atoms with van der Waals surface area (Å²) in [5, 5.41) is 3.53. The normalized spacial score (nSPS) is 12.6. The van der Waals surface area contributed by atoms with E-state index in [-0.39, 0.29) is 0 Å². The van der Waals surface area contributed by atoms with Gasteiger partial charge in [0.25, 0.3) is 0 Å². The van der Waals surface area contributed by atoms with E-state index in [2.05, 4.69) is 42.1 Å². The van der Waals surface area contributed by atoms with E-state index in [9.17, 15) is 0 Å². The van der Waals surface area contributed by atoms with Gasteiger partial charge in [0.15, 0.2) is 0 Å². The number of ether oxygens (including phenoxy) is 1. The number of imidazole rings is 1. The highest BCUT2D eigenvalue weighted by atomic mass is 16.5. The third-order valence-electron chi connectivity index (χ3n) is 4.11. The number of aryl methyl sites for hydroxylation is 1. The summed E-state index contributed by atoms with van der Waals surface area (Å²) in [4.78, 5) is 4.81. The Bertz CT molecular complexity index is 851. The van der Waals surface area contributed by atoms with Gasteiger partial charge in [-0.15, -0.1) is 0 Å². The van der Waals surface area contributed by atoms with Crippen molar-refractivity contribution in [3.05, 3.63) is 60.9 Å². The Kier molecular flexibility index (Phi) is 4.85. The number of anilines is 1. The molecular formula is C20H23N3O. The zero-order valence-corrected chi connectivity index (χ0v) is 14.4. The maximum absolute atomic E-state index is 4.99. The van der Waals surface area contributed by atoms with E-state index in [4.69, 9.17) is 9.72 Å². The van der Waals surface area contributed by atoms with Crippen molar-refractivity contribution >= 4 is 16.7 Å². The molecule has 2 aromatic carbocycles. The molecule has 0 bridgehead atoms. The molecule has 1 atom stereocenters. The zero-order chi connectivity index (χ0) is 16.9. The predicted octanol–water partition coefficient (Wildman–Crippen LogP) is 4.45. The van der Waals surface area contributed by atoms with Crippen molar-refractivity contribution in [3.63, 3.8) is 0 Å². The second kappa shape index (κ2) is 7.21. The van der Waals surface area contributed by atoms with Gasteiger partial charge in [0.2, 0.25) is 0 Å². The molecule has 0 aliphatic heterocycles. The Labute approximate surface area is 142 Å². The van der Waals surface area contributed by atoms with Crippen molar-refractivity contribution in [1.29, 1.82) is 0 Å². The van der Waals surface area contributed by atoms with Crippen LogP contribution < -0.4 is 5.32 Å². The van der Waals surface area contributed by atoms with E-state index in [0.717, 1.165) is 34.7 Å². The van der Waals surface area contributed by atoms with E-state index >= 15 is 0 Å². The molecule has 4 nitrogen and oxygen atoms in total. The maximum Gasteiger partial charge on any atom is 0.142 e. The SMILES string of the molecule is CO/C=C/C(C)CNc1ccccc1-c1nc2ccccc2n1C. The Morgan fingerprint density at radius 2 is 1.92 bits per heavy atom. The summed E-state index contributed by atoms with van der Waals surface area (Å²) in [7, 11) is 3.73. The van der Waals surface area contributed by atoms with Crippen molar-refractivity contribution in [3.8, 4) is 11.4 Å². The molecular weight excluding hydrogens is 298 g/mol. The molecule has 24 heavy (non-hydrogen) atoms. The summed E-state index contributed by atoms with van der Waals surface area (Å²) < 4.78 is 7.13. The molecule has 1 N–H and O–H groups in total. The fourth-order valence-electron chi connectivity index (χ4n) is 2.77. The topological polar surface area (TPSA) is 39.1 Å². The van der Waals surface area contributed by atoms with Gasteiger partial charge in [-0.1, -0.05) is 31.2 Å². The highest BCUT2D eigenvalue weighted by molar-refractivity contribution is 5.84. The zero-order valence-electron chi connectivity index (χ0n) is 14.4. The number of methoxy groups -OCH3 is 1. The quantitative estimate of drug-likeness (QED) is 0.682. The standard InChI is InChI=1S/C20H23N3O/c1-15(12-13-24-3)14-21-17-9-5-4-8-16(17)20-22-18-10-6-7-11-19(18)23(20)2/h4-13,15,21H,14H2,1-3H3/b13-12+. The Morgan fingerprint density at radius 3 is 2.71 bits per heavy atom. The molecule has 1 heterocycles. The molecule has 0 aliphatic carbocycles. The summed E-state index contributed by atoms with van der Waals surface area (Å²) >= 11 is 0. The van der Waals surface area contributed by atoms with Crippen LogP contribution in [0.5, 0.6) is 0 Å². The van der Waals surface area contributed by atoms with Crippen LogP contribution in [0.3, 0.4) is 0 Å². The van der Waals surface area contributed by atoms with E-state index in [1.807, 2.05) is 36.4 Å². The van der Waals surface area contributed by atoms with Gasteiger partial charge >= 0.3 is 0 Å². The highest BCUT2D eigenvalue weighted by Crippen LogP contribution is 2.29. The first-order valence-corrected chi connectivity index (χ1v) is 8.15. The van der Waals surface area contributed by atoms with Crippen molar-refractivity contribution in [2.45, 2.75) is 6.92 Å². The molecule has 124 valence electrons. The average Bonchev–Trinajstić information content (AvgIpc) is 2.95. The lowest BCUT2D eigenvalue weighted by atomic mass is 10.1. The second-order valence-corrected chi connectivity index (χ2v) is 5.95. The van der Waals surface area contributed by atoms with Gasteiger partial charge in [0, 0.05) is 24.8 Å². The molecule has 0 fully saturated rings. The van der Waals surface area contributed by atoms with Gasteiger partial charge in [-0.25, -0.2) is 4.98 Å². The minimum absolute atomic E-state index is 0.374.